The van der Waals surface area contributed by atoms with Crippen LogP contribution in [0.3, 0.4) is 0 Å². The monoisotopic (exact) mass is 344 g/mol. The Morgan fingerprint density at radius 3 is 2.80 bits per heavy atom. The highest BCUT2D eigenvalue weighted by molar-refractivity contribution is 5.87. The van der Waals surface area contributed by atoms with Crippen molar-refractivity contribution in [2.45, 2.75) is 45.1 Å². The molecule has 134 valence electrons. The van der Waals surface area contributed by atoms with Crippen LogP contribution in [0.25, 0.3) is 0 Å². The van der Waals surface area contributed by atoms with E-state index in [1.807, 2.05) is 6.07 Å². The fraction of sp³-hybridized carbons (Fsp3) is 0.600. The van der Waals surface area contributed by atoms with Gasteiger partial charge in [0.15, 0.2) is 0 Å². The van der Waals surface area contributed by atoms with Crippen molar-refractivity contribution in [2.24, 2.45) is 11.3 Å². The van der Waals surface area contributed by atoms with Crippen LogP contribution in [-0.4, -0.2) is 41.2 Å². The number of hydrogen-bond donors (Lipinski definition) is 0. The van der Waals surface area contributed by atoms with Crippen molar-refractivity contribution in [3.63, 3.8) is 0 Å². The van der Waals surface area contributed by atoms with Gasteiger partial charge in [0.05, 0.1) is 6.54 Å². The highest BCUT2D eigenvalue weighted by Crippen LogP contribution is 2.57. The summed E-state index contributed by atoms with van der Waals surface area (Å²) in [6, 6.07) is 6.34. The molecule has 1 aliphatic heterocycles. The molecule has 1 unspecified atom stereocenters. The number of carbonyl (C=O) groups excluding carboxylic acids is 2. The lowest BCUT2D eigenvalue weighted by Gasteiger charge is -2.38. The molecule has 0 N–H and O–H groups in total. The Balaban J connectivity index is 1.34. The number of halogens is 1. The molecule has 5 heteroatoms. The van der Waals surface area contributed by atoms with Crippen molar-refractivity contribution >= 4 is 11.8 Å². The van der Waals surface area contributed by atoms with Gasteiger partial charge < -0.3 is 9.80 Å². The SMILES string of the molecule is O=C1CN(C(=O)C2CCCC3(CC3)C2)CCN1Cc1cccc(F)c1. The van der Waals surface area contributed by atoms with Gasteiger partial charge in [-0.2, -0.15) is 0 Å². The van der Waals surface area contributed by atoms with Crippen molar-refractivity contribution in [1.29, 1.82) is 0 Å². The van der Waals surface area contributed by atoms with E-state index in [1.165, 1.54) is 31.4 Å². The van der Waals surface area contributed by atoms with Crippen LogP contribution in [0.5, 0.6) is 0 Å². The van der Waals surface area contributed by atoms with Crippen LogP contribution in [0, 0.1) is 17.2 Å². The minimum absolute atomic E-state index is 0.0409. The molecule has 0 bridgehead atoms. The summed E-state index contributed by atoms with van der Waals surface area (Å²) >= 11 is 0. The maximum Gasteiger partial charge on any atom is 0.242 e. The average molecular weight is 344 g/mol. The van der Waals surface area contributed by atoms with Gasteiger partial charge >= 0.3 is 0 Å². The van der Waals surface area contributed by atoms with E-state index in [9.17, 15) is 14.0 Å². The summed E-state index contributed by atoms with van der Waals surface area (Å²) in [6.07, 6.45) is 6.96. The van der Waals surface area contributed by atoms with Crippen molar-refractivity contribution in [3.05, 3.63) is 35.6 Å². The Bertz CT molecular complexity index is 686. The highest BCUT2D eigenvalue weighted by Gasteiger charge is 2.48. The van der Waals surface area contributed by atoms with E-state index < -0.39 is 0 Å². The molecule has 3 aliphatic rings. The third-order valence-electron chi connectivity index (χ3n) is 6.14. The van der Waals surface area contributed by atoms with Crippen LogP contribution in [-0.2, 0) is 16.1 Å². The Kier molecular flexibility index (Phi) is 4.26. The number of nitrogens with zero attached hydrogens (tertiary/aromatic N) is 2. The molecule has 1 spiro atoms. The Morgan fingerprint density at radius 2 is 2.08 bits per heavy atom. The summed E-state index contributed by atoms with van der Waals surface area (Å²) in [5, 5.41) is 0. The highest BCUT2D eigenvalue weighted by atomic mass is 19.1. The Labute approximate surface area is 148 Å². The summed E-state index contributed by atoms with van der Waals surface area (Å²) in [4.78, 5) is 28.8. The van der Waals surface area contributed by atoms with Gasteiger partial charge in [-0.3, -0.25) is 9.59 Å². The summed E-state index contributed by atoms with van der Waals surface area (Å²) in [5.41, 5.74) is 1.25. The van der Waals surface area contributed by atoms with Crippen LogP contribution in [0.1, 0.15) is 44.1 Å². The van der Waals surface area contributed by atoms with Gasteiger partial charge in [-0.1, -0.05) is 18.6 Å². The van der Waals surface area contributed by atoms with Crippen molar-refractivity contribution in [1.82, 2.24) is 9.80 Å². The molecule has 2 aliphatic carbocycles. The molecule has 0 radical (unpaired) electrons. The minimum atomic E-state index is -0.287. The first-order valence-electron chi connectivity index (χ1n) is 9.36. The van der Waals surface area contributed by atoms with E-state index in [0.717, 1.165) is 24.8 Å². The average Bonchev–Trinajstić information content (AvgIpc) is 3.34. The molecule has 1 heterocycles. The molecule has 4 nitrogen and oxygen atoms in total. The molecule has 3 fully saturated rings. The largest absolute Gasteiger partial charge is 0.335 e. The van der Waals surface area contributed by atoms with E-state index in [-0.39, 0.29) is 30.1 Å². The summed E-state index contributed by atoms with van der Waals surface area (Å²) in [6.45, 7) is 1.69. The van der Waals surface area contributed by atoms with Crippen LogP contribution < -0.4 is 0 Å². The first-order valence-corrected chi connectivity index (χ1v) is 9.36. The van der Waals surface area contributed by atoms with Crippen LogP contribution in [0.15, 0.2) is 24.3 Å². The van der Waals surface area contributed by atoms with Gasteiger partial charge in [0, 0.05) is 25.6 Å². The quantitative estimate of drug-likeness (QED) is 0.846. The zero-order chi connectivity index (χ0) is 17.4. The number of rotatable bonds is 3. The lowest BCUT2D eigenvalue weighted by molar-refractivity contribution is -0.149. The molecule has 2 amide bonds. The second-order valence-electron chi connectivity index (χ2n) is 8.00. The van der Waals surface area contributed by atoms with E-state index >= 15 is 0 Å². The van der Waals surface area contributed by atoms with Crippen molar-refractivity contribution in [3.8, 4) is 0 Å². The Morgan fingerprint density at radius 1 is 1.24 bits per heavy atom. The fourth-order valence-corrected chi connectivity index (χ4v) is 4.47. The molecule has 1 aromatic carbocycles. The van der Waals surface area contributed by atoms with Gasteiger partial charge in [0.25, 0.3) is 0 Å². The number of amides is 2. The molecule has 1 aromatic rings. The first kappa shape index (κ1) is 16.6. The zero-order valence-electron chi connectivity index (χ0n) is 14.5. The Hall–Kier alpha value is -1.91. The molecule has 4 rings (SSSR count). The number of hydrogen-bond acceptors (Lipinski definition) is 2. The van der Waals surface area contributed by atoms with E-state index in [1.54, 1.807) is 15.9 Å². The second-order valence-corrected chi connectivity index (χ2v) is 8.00. The third kappa shape index (κ3) is 3.55. The predicted octanol–water partition coefficient (Wildman–Crippen LogP) is 2.97. The second kappa shape index (κ2) is 6.43. The standard InChI is InChI=1S/C20H25FN2O2/c21-17-5-1-3-15(11-17)13-22-9-10-23(14-18(22)24)19(25)16-4-2-6-20(12-16)7-8-20/h1,3,5,11,16H,2,4,6-10,12-14H2. The van der Waals surface area contributed by atoms with E-state index in [4.69, 9.17) is 0 Å². The predicted molar refractivity (Wildman–Crippen MR) is 92.0 cm³/mol. The van der Waals surface area contributed by atoms with Gasteiger partial charge in [0.1, 0.15) is 5.82 Å². The molecule has 25 heavy (non-hydrogen) atoms. The van der Waals surface area contributed by atoms with Crippen LogP contribution >= 0.6 is 0 Å². The topological polar surface area (TPSA) is 40.6 Å². The maximum atomic E-state index is 13.3. The minimum Gasteiger partial charge on any atom is -0.335 e. The number of piperazine rings is 1. The lowest BCUT2D eigenvalue weighted by Crippen LogP contribution is -2.53. The summed E-state index contributed by atoms with van der Waals surface area (Å²) < 4.78 is 13.3. The first-order chi connectivity index (χ1) is 12.0. The van der Waals surface area contributed by atoms with Crippen molar-refractivity contribution < 1.29 is 14.0 Å². The van der Waals surface area contributed by atoms with Crippen molar-refractivity contribution in [2.75, 3.05) is 19.6 Å². The molecule has 0 aromatic heterocycles. The number of carbonyl (C=O) groups is 2. The fourth-order valence-electron chi connectivity index (χ4n) is 4.47. The normalized spacial score (nSPS) is 25.3. The van der Waals surface area contributed by atoms with Crippen LogP contribution in [0.4, 0.5) is 4.39 Å². The summed E-state index contributed by atoms with van der Waals surface area (Å²) in [7, 11) is 0. The molecule has 2 saturated carbocycles. The molecular weight excluding hydrogens is 319 g/mol. The van der Waals surface area contributed by atoms with Gasteiger partial charge in [-0.05, 0) is 55.2 Å². The maximum absolute atomic E-state index is 13.3. The number of benzene rings is 1. The summed E-state index contributed by atoms with van der Waals surface area (Å²) in [5.74, 6) is -0.0468. The van der Waals surface area contributed by atoms with Gasteiger partial charge in [-0.25, -0.2) is 4.39 Å². The van der Waals surface area contributed by atoms with E-state index in [0.29, 0.717) is 25.0 Å². The molecule has 1 atom stereocenters. The third-order valence-corrected chi connectivity index (χ3v) is 6.14. The molecular formula is C20H25FN2O2. The smallest absolute Gasteiger partial charge is 0.242 e. The molecule has 1 saturated heterocycles. The zero-order valence-corrected chi connectivity index (χ0v) is 14.5. The van der Waals surface area contributed by atoms with E-state index in [2.05, 4.69) is 0 Å². The lowest BCUT2D eigenvalue weighted by atomic mass is 9.78. The van der Waals surface area contributed by atoms with Gasteiger partial charge in [-0.15, -0.1) is 0 Å². The van der Waals surface area contributed by atoms with Gasteiger partial charge in [0.2, 0.25) is 11.8 Å². The van der Waals surface area contributed by atoms with Crippen LogP contribution in [0.2, 0.25) is 0 Å².